The monoisotopic (exact) mass is 349 g/mol. The van der Waals surface area contributed by atoms with Crippen molar-refractivity contribution in [2.75, 3.05) is 7.11 Å². The van der Waals surface area contributed by atoms with Gasteiger partial charge >= 0.3 is 0 Å². The quantitative estimate of drug-likeness (QED) is 0.742. The number of aryl methyl sites for hydroxylation is 2. The third kappa shape index (κ3) is 3.94. The number of nitrogens with zero attached hydrogens (tertiary/aromatic N) is 2. The lowest BCUT2D eigenvalue weighted by Gasteiger charge is -2.13. The number of methoxy groups -OCH3 is 1. The summed E-state index contributed by atoms with van der Waals surface area (Å²) in [6.07, 6.45) is 4.05. The second-order valence-electron chi connectivity index (χ2n) is 6.23. The first-order valence-corrected chi connectivity index (χ1v) is 8.57. The summed E-state index contributed by atoms with van der Waals surface area (Å²) in [4.78, 5) is 16.6. The minimum absolute atomic E-state index is 0.00766. The van der Waals surface area contributed by atoms with Gasteiger partial charge < -0.3 is 14.6 Å². The zero-order valence-corrected chi connectivity index (χ0v) is 15.3. The number of hydrogen-bond donors (Lipinski definition) is 1. The van der Waals surface area contributed by atoms with Gasteiger partial charge in [0.1, 0.15) is 11.6 Å². The average Bonchev–Trinajstić information content (AvgIpc) is 3.06. The van der Waals surface area contributed by atoms with Gasteiger partial charge in [-0.2, -0.15) is 0 Å². The van der Waals surface area contributed by atoms with E-state index in [-0.39, 0.29) is 5.91 Å². The predicted molar refractivity (Wildman–Crippen MR) is 102 cm³/mol. The van der Waals surface area contributed by atoms with Crippen LogP contribution in [0.2, 0.25) is 0 Å². The molecule has 0 saturated carbocycles. The fourth-order valence-corrected chi connectivity index (χ4v) is 3.02. The maximum Gasteiger partial charge on any atom is 0.224 e. The van der Waals surface area contributed by atoms with E-state index in [1.165, 1.54) is 0 Å². The predicted octanol–water partition coefficient (Wildman–Crippen LogP) is 3.36. The molecule has 134 valence electrons. The molecule has 5 nitrogen and oxygen atoms in total. The first kappa shape index (κ1) is 17.7. The van der Waals surface area contributed by atoms with Crippen LogP contribution in [0.4, 0.5) is 0 Å². The fourth-order valence-electron chi connectivity index (χ4n) is 3.02. The van der Waals surface area contributed by atoms with Crippen LogP contribution in [0.25, 0.3) is 5.69 Å². The van der Waals surface area contributed by atoms with E-state index in [0.717, 1.165) is 34.0 Å². The van der Waals surface area contributed by atoms with Gasteiger partial charge in [0, 0.05) is 18.9 Å². The van der Waals surface area contributed by atoms with E-state index in [0.29, 0.717) is 13.0 Å². The standard InChI is InChI=1S/C21H23N3O2/c1-15-12-17(8-9-20(15)26-3)13-21(25)23-14-18-6-4-5-7-19(18)24-11-10-22-16(24)2/h4-12H,13-14H2,1-3H3,(H,23,25). The van der Waals surface area contributed by atoms with Gasteiger partial charge in [-0.1, -0.05) is 30.3 Å². The Hall–Kier alpha value is -3.08. The highest BCUT2D eigenvalue weighted by atomic mass is 16.5. The van der Waals surface area contributed by atoms with Crippen molar-refractivity contribution in [3.05, 3.63) is 77.4 Å². The Bertz CT molecular complexity index is 915. The largest absolute Gasteiger partial charge is 0.496 e. The van der Waals surface area contributed by atoms with Crippen LogP contribution in [0, 0.1) is 13.8 Å². The molecule has 5 heteroatoms. The average molecular weight is 349 g/mol. The summed E-state index contributed by atoms with van der Waals surface area (Å²) >= 11 is 0. The summed E-state index contributed by atoms with van der Waals surface area (Å²) in [6.45, 7) is 4.41. The number of para-hydroxylation sites is 1. The molecule has 1 amide bonds. The molecule has 1 heterocycles. The number of ether oxygens (including phenoxy) is 1. The van der Waals surface area contributed by atoms with Gasteiger partial charge in [0.25, 0.3) is 0 Å². The lowest BCUT2D eigenvalue weighted by Crippen LogP contribution is -2.25. The molecular formula is C21H23N3O2. The van der Waals surface area contributed by atoms with Crippen LogP contribution in [-0.2, 0) is 17.8 Å². The maximum atomic E-state index is 12.4. The zero-order chi connectivity index (χ0) is 18.5. The molecule has 0 aliphatic heterocycles. The van der Waals surface area contributed by atoms with Gasteiger partial charge in [-0.25, -0.2) is 4.98 Å². The lowest BCUT2D eigenvalue weighted by atomic mass is 10.1. The van der Waals surface area contributed by atoms with Crippen LogP contribution in [0.5, 0.6) is 5.75 Å². The van der Waals surface area contributed by atoms with E-state index in [2.05, 4.69) is 10.3 Å². The molecule has 0 radical (unpaired) electrons. The molecule has 1 aromatic heterocycles. The number of nitrogens with one attached hydrogen (secondary N) is 1. The van der Waals surface area contributed by atoms with Crippen LogP contribution in [0.3, 0.4) is 0 Å². The van der Waals surface area contributed by atoms with Crippen LogP contribution in [0.15, 0.2) is 54.9 Å². The molecule has 0 aliphatic rings. The van der Waals surface area contributed by atoms with E-state index >= 15 is 0 Å². The Morgan fingerprint density at radius 1 is 1.19 bits per heavy atom. The van der Waals surface area contributed by atoms with Crippen molar-refractivity contribution in [3.8, 4) is 11.4 Å². The van der Waals surface area contributed by atoms with Crippen molar-refractivity contribution in [1.29, 1.82) is 0 Å². The minimum atomic E-state index is -0.00766. The summed E-state index contributed by atoms with van der Waals surface area (Å²) in [6, 6.07) is 13.8. The van der Waals surface area contributed by atoms with Crippen LogP contribution in [-0.4, -0.2) is 22.6 Å². The summed E-state index contributed by atoms with van der Waals surface area (Å²) in [7, 11) is 1.65. The van der Waals surface area contributed by atoms with E-state index in [9.17, 15) is 4.79 Å². The van der Waals surface area contributed by atoms with Crippen LogP contribution in [0.1, 0.15) is 22.5 Å². The second kappa shape index (κ2) is 7.87. The SMILES string of the molecule is COc1ccc(CC(=O)NCc2ccccc2-n2ccnc2C)cc1C. The molecule has 0 atom stereocenters. The van der Waals surface area contributed by atoms with E-state index in [1.807, 2.05) is 67.1 Å². The van der Waals surface area contributed by atoms with E-state index < -0.39 is 0 Å². The molecular weight excluding hydrogens is 326 g/mol. The third-order valence-electron chi connectivity index (χ3n) is 4.38. The Labute approximate surface area is 153 Å². The third-order valence-corrected chi connectivity index (χ3v) is 4.38. The Balaban J connectivity index is 1.67. The molecule has 0 aliphatic carbocycles. The van der Waals surface area contributed by atoms with Gasteiger partial charge in [-0.05, 0) is 42.7 Å². The minimum Gasteiger partial charge on any atom is -0.496 e. The fraction of sp³-hybridized carbons (Fsp3) is 0.238. The van der Waals surface area contributed by atoms with E-state index in [1.54, 1.807) is 13.3 Å². The number of amides is 1. The molecule has 3 rings (SSSR count). The highest BCUT2D eigenvalue weighted by molar-refractivity contribution is 5.78. The molecule has 0 unspecified atom stereocenters. The molecule has 2 aromatic carbocycles. The van der Waals surface area contributed by atoms with Crippen molar-refractivity contribution in [2.45, 2.75) is 26.8 Å². The Kier molecular flexibility index (Phi) is 5.37. The lowest BCUT2D eigenvalue weighted by molar-refractivity contribution is -0.120. The first-order chi connectivity index (χ1) is 12.6. The Morgan fingerprint density at radius 2 is 2.00 bits per heavy atom. The number of carbonyl (C=O) groups is 1. The highest BCUT2D eigenvalue weighted by Gasteiger charge is 2.09. The van der Waals surface area contributed by atoms with Gasteiger partial charge in [0.15, 0.2) is 0 Å². The molecule has 0 bridgehead atoms. The molecule has 0 fully saturated rings. The number of hydrogen-bond acceptors (Lipinski definition) is 3. The van der Waals surface area contributed by atoms with Crippen molar-refractivity contribution in [1.82, 2.24) is 14.9 Å². The van der Waals surface area contributed by atoms with Gasteiger partial charge in [-0.15, -0.1) is 0 Å². The topological polar surface area (TPSA) is 56.1 Å². The summed E-state index contributed by atoms with van der Waals surface area (Å²) in [5.74, 6) is 1.74. The first-order valence-electron chi connectivity index (χ1n) is 8.57. The molecule has 3 aromatic rings. The highest BCUT2D eigenvalue weighted by Crippen LogP contribution is 2.19. The summed E-state index contributed by atoms with van der Waals surface area (Å²) in [5, 5.41) is 3.01. The Morgan fingerprint density at radius 3 is 2.69 bits per heavy atom. The summed E-state index contributed by atoms with van der Waals surface area (Å²) < 4.78 is 7.28. The number of rotatable bonds is 6. The van der Waals surface area contributed by atoms with Gasteiger partial charge in [0.2, 0.25) is 5.91 Å². The zero-order valence-electron chi connectivity index (χ0n) is 15.3. The van der Waals surface area contributed by atoms with Crippen LogP contribution < -0.4 is 10.1 Å². The second-order valence-corrected chi connectivity index (χ2v) is 6.23. The van der Waals surface area contributed by atoms with Crippen molar-refractivity contribution < 1.29 is 9.53 Å². The van der Waals surface area contributed by atoms with Crippen molar-refractivity contribution in [2.24, 2.45) is 0 Å². The number of benzene rings is 2. The normalized spacial score (nSPS) is 10.6. The number of carbonyl (C=O) groups excluding carboxylic acids is 1. The molecule has 26 heavy (non-hydrogen) atoms. The number of imidazole rings is 1. The number of aromatic nitrogens is 2. The van der Waals surface area contributed by atoms with E-state index in [4.69, 9.17) is 4.74 Å². The van der Waals surface area contributed by atoms with Gasteiger partial charge in [-0.3, -0.25) is 4.79 Å². The van der Waals surface area contributed by atoms with Gasteiger partial charge in [0.05, 0.1) is 19.2 Å². The molecule has 0 saturated heterocycles. The van der Waals surface area contributed by atoms with Crippen molar-refractivity contribution in [3.63, 3.8) is 0 Å². The van der Waals surface area contributed by atoms with Crippen molar-refractivity contribution >= 4 is 5.91 Å². The smallest absolute Gasteiger partial charge is 0.224 e. The summed E-state index contributed by atoms with van der Waals surface area (Å²) in [5.41, 5.74) is 4.08. The maximum absolute atomic E-state index is 12.4. The molecule has 0 spiro atoms. The molecule has 1 N–H and O–H groups in total. The van der Waals surface area contributed by atoms with Crippen LogP contribution >= 0.6 is 0 Å².